The topological polar surface area (TPSA) is 50.8 Å². The first-order valence-electron chi connectivity index (χ1n) is 9.59. The lowest BCUT2D eigenvalue weighted by Gasteiger charge is -2.39. The van der Waals surface area contributed by atoms with Crippen molar-refractivity contribution in [1.29, 1.82) is 0 Å². The van der Waals surface area contributed by atoms with Gasteiger partial charge < -0.3 is 19.7 Å². The zero-order valence-electron chi connectivity index (χ0n) is 14.8. The van der Waals surface area contributed by atoms with E-state index in [9.17, 15) is 4.79 Å². The lowest BCUT2D eigenvalue weighted by molar-refractivity contribution is 0.0577. The molecule has 1 amide bonds. The SMILES string of the molecule is O=C(c1ccccc1OCC1CCCO1)N1CCC2(CCNC2)CC1. The van der Waals surface area contributed by atoms with Crippen LogP contribution in [0.4, 0.5) is 0 Å². The fraction of sp³-hybridized carbons (Fsp3) is 0.650. The molecule has 4 rings (SSSR count). The number of nitrogens with zero attached hydrogens (tertiary/aromatic N) is 1. The molecule has 136 valence electrons. The second kappa shape index (κ2) is 7.34. The van der Waals surface area contributed by atoms with Crippen LogP contribution in [0.3, 0.4) is 0 Å². The molecule has 5 nitrogen and oxygen atoms in total. The lowest BCUT2D eigenvalue weighted by Crippen LogP contribution is -2.44. The Morgan fingerprint density at radius 1 is 1.28 bits per heavy atom. The molecular weight excluding hydrogens is 316 g/mol. The van der Waals surface area contributed by atoms with Crippen LogP contribution in [0.2, 0.25) is 0 Å². The van der Waals surface area contributed by atoms with E-state index < -0.39 is 0 Å². The van der Waals surface area contributed by atoms with Crippen LogP contribution in [0.15, 0.2) is 24.3 Å². The summed E-state index contributed by atoms with van der Waals surface area (Å²) in [4.78, 5) is 15.0. The van der Waals surface area contributed by atoms with E-state index in [1.165, 1.54) is 6.42 Å². The van der Waals surface area contributed by atoms with E-state index >= 15 is 0 Å². The van der Waals surface area contributed by atoms with E-state index in [1.54, 1.807) is 0 Å². The molecule has 3 saturated heterocycles. The summed E-state index contributed by atoms with van der Waals surface area (Å²) in [5.74, 6) is 0.787. The number of carbonyl (C=O) groups excluding carboxylic acids is 1. The Morgan fingerprint density at radius 2 is 2.12 bits per heavy atom. The van der Waals surface area contributed by atoms with Crippen LogP contribution in [0.25, 0.3) is 0 Å². The van der Waals surface area contributed by atoms with Gasteiger partial charge in [0.15, 0.2) is 0 Å². The maximum Gasteiger partial charge on any atom is 0.257 e. The van der Waals surface area contributed by atoms with Crippen molar-refractivity contribution in [3.05, 3.63) is 29.8 Å². The molecule has 25 heavy (non-hydrogen) atoms. The van der Waals surface area contributed by atoms with Gasteiger partial charge in [-0.2, -0.15) is 0 Å². The van der Waals surface area contributed by atoms with Crippen molar-refractivity contribution >= 4 is 5.91 Å². The first-order valence-corrected chi connectivity index (χ1v) is 9.59. The average molecular weight is 344 g/mol. The van der Waals surface area contributed by atoms with Gasteiger partial charge in [-0.25, -0.2) is 0 Å². The zero-order chi connectivity index (χ0) is 17.1. The monoisotopic (exact) mass is 344 g/mol. The highest BCUT2D eigenvalue weighted by Gasteiger charge is 2.38. The summed E-state index contributed by atoms with van der Waals surface area (Å²) in [6.45, 7) is 5.27. The van der Waals surface area contributed by atoms with Crippen LogP contribution >= 0.6 is 0 Å². The fourth-order valence-electron chi connectivity index (χ4n) is 4.30. The minimum absolute atomic E-state index is 0.101. The van der Waals surface area contributed by atoms with Gasteiger partial charge in [0, 0.05) is 26.2 Å². The lowest BCUT2D eigenvalue weighted by atomic mass is 9.78. The van der Waals surface area contributed by atoms with Crippen molar-refractivity contribution in [3.8, 4) is 5.75 Å². The van der Waals surface area contributed by atoms with Crippen LogP contribution in [0.1, 0.15) is 42.5 Å². The second-order valence-corrected chi connectivity index (χ2v) is 7.66. The van der Waals surface area contributed by atoms with Gasteiger partial charge in [-0.1, -0.05) is 12.1 Å². The van der Waals surface area contributed by atoms with Crippen molar-refractivity contribution in [3.63, 3.8) is 0 Å². The summed E-state index contributed by atoms with van der Waals surface area (Å²) in [7, 11) is 0. The van der Waals surface area contributed by atoms with E-state index in [2.05, 4.69) is 5.32 Å². The van der Waals surface area contributed by atoms with Gasteiger partial charge in [0.05, 0.1) is 11.7 Å². The Hall–Kier alpha value is -1.59. The second-order valence-electron chi connectivity index (χ2n) is 7.66. The highest BCUT2D eigenvalue weighted by Crippen LogP contribution is 2.37. The molecular formula is C20H28N2O3. The highest BCUT2D eigenvalue weighted by molar-refractivity contribution is 5.97. The summed E-state index contributed by atoms with van der Waals surface area (Å²) in [6, 6.07) is 7.62. The third kappa shape index (κ3) is 3.67. The van der Waals surface area contributed by atoms with E-state index in [1.807, 2.05) is 29.2 Å². The zero-order valence-corrected chi connectivity index (χ0v) is 14.8. The van der Waals surface area contributed by atoms with Crippen LogP contribution in [0, 0.1) is 5.41 Å². The molecule has 0 aliphatic carbocycles. The minimum Gasteiger partial charge on any atom is -0.490 e. The van der Waals surface area contributed by atoms with Crippen molar-refractivity contribution in [1.82, 2.24) is 10.2 Å². The summed E-state index contributed by atoms with van der Waals surface area (Å²) >= 11 is 0. The Balaban J connectivity index is 1.39. The molecule has 1 spiro atoms. The molecule has 5 heteroatoms. The van der Waals surface area contributed by atoms with Crippen LogP contribution in [0.5, 0.6) is 5.75 Å². The fourth-order valence-corrected chi connectivity index (χ4v) is 4.30. The highest BCUT2D eigenvalue weighted by atomic mass is 16.5. The van der Waals surface area contributed by atoms with Gasteiger partial charge in [-0.15, -0.1) is 0 Å². The molecule has 1 aromatic carbocycles. The summed E-state index contributed by atoms with van der Waals surface area (Å²) in [5.41, 5.74) is 1.10. The van der Waals surface area contributed by atoms with Gasteiger partial charge in [0.25, 0.3) is 5.91 Å². The summed E-state index contributed by atoms with van der Waals surface area (Å²) in [5, 5.41) is 3.48. The molecule has 3 aliphatic rings. The Bertz CT molecular complexity index is 597. The Morgan fingerprint density at radius 3 is 2.84 bits per heavy atom. The average Bonchev–Trinajstić information content (AvgIpc) is 3.33. The predicted octanol–water partition coefficient (Wildman–Crippen LogP) is 2.46. The first kappa shape index (κ1) is 16.9. The quantitative estimate of drug-likeness (QED) is 0.912. The molecule has 1 unspecified atom stereocenters. The molecule has 0 bridgehead atoms. The number of ether oxygens (including phenoxy) is 2. The number of hydrogen-bond donors (Lipinski definition) is 1. The molecule has 0 saturated carbocycles. The number of rotatable bonds is 4. The number of likely N-dealkylation sites (tertiary alicyclic amines) is 1. The number of amides is 1. The molecule has 1 atom stereocenters. The normalized spacial score (nSPS) is 25.4. The van der Waals surface area contributed by atoms with Gasteiger partial charge in [0.2, 0.25) is 0 Å². The Labute approximate surface area is 149 Å². The van der Waals surface area contributed by atoms with E-state index in [4.69, 9.17) is 9.47 Å². The number of piperidine rings is 1. The van der Waals surface area contributed by atoms with Gasteiger partial charge in [0.1, 0.15) is 12.4 Å². The van der Waals surface area contributed by atoms with Crippen LogP contribution in [-0.4, -0.2) is 56.3 Å². The molecule has 1 N–H and O–H groups in total. The number of benzene rings is 1. The first-order chi connectivity index (χ1) is 12.3. The smallest absolute Gasteiger partial charge is 0.257 e. The third-order valence-corrected chi connectivity index (χ3v) is 6.01. The van der Waals surface area contributed by atoms with Crippen molar-refractivity contribution in [2.75, 3.05) is 39.4 Å². The van der Waals surface area contributed by atoms with Crippen molar-refractivity contribution < 1.29 is 14.3 Å². The predicted molar refractivity (Wildman–Crippen MR) is 96.0 cm³/mol. The maximum absolute atomic E-state index is 13.0. The van der Waals surface area contributed by atoms with Crippen molar-refractivity contribution in [2.24, 2.45) is 5.41 Å². The van der Waals surface area contributed by atoms with Crippen LogP contribution < -0.4 is 10.1 Å². The molecule has 3 aliphatic heterocycles. The summed E-state index contributed by atoms with van der Waals surface area (Å²) in [6.07, 6.45) is 5.75. The third-order valence-electron chi connectivity index (χ3n) is 6.01. The number of para-hydroxylation sites is 1. The van der Waals surface area contributed by atoms with E-state index in [0.717, 1.165) is 58.5 Å². The van der Waals surface area contributed by atoms with Crippen LogP contribution in [-0.2, 0) is 4.74 Å². The molecule has 1 aromatic rings. The molecule has 0 radical (unpaired) electrons. The number of nitrogens with one attached hydrogen (secondary N) is 1. The molecule has 3 heterocycles. The molecule has 3 fully saturated rings. The van der Waals surface area contributed by atoms with E-state index in [-0.39, 0.29) is 12.0 Å². The maximum atomic E-state index is 13.0. The number of hydrogen-bond acceptors (Lipinski definition) is 4. The largest absolute Gasteiger partial charge is 0.490 e. The number of carbonyl (C=O) groups is 1. The Kier molecular flexibility index (Phi) is 4.95. The van der Waals surface area contributed by atoms with Gasteiger partial charge in [-0.3, -0.25) is 4.79 Å². The molecule has 0 aromatic heterocycles. The van der Waals surface area contributed by atoms with Gasteiger partial charge in [-0.05, 0) is 56.2 Å². The minimum atomic E-state index is 0.101. The van der Waals surface area contributed by atoms with Crippen molar-refractivity contribution in [2.45, 2.75) is 38.2 Å². The summed E-state index contributed by atoms with van der Waals surface area (Å²) < 4.78 is 11.6. The standard InChI is InChI=1S/C20H28N2O3/c23-19(22-11-8-20(9-12-22)7-10-21-15-20)17-5-1-2-6-18(17)25-14-16-4-3-13-24-16/h1-2,5-6,16,21H,3-4,7-15H2. The van der Waals surface area contributed by atoms with Gasteiger partial charge >= 0.3 is 0 Å². The van der Waals surface area contributed by atoms with E-state index in [0.29, 0.717) is 23.3 Å².